The van der Waals surface area contributed by atoms with E-state index in [0.717, 1.165) is 11.4 Å². The average molecular weight is 789 g/mol. The fraction of sp³-hybridized carbons (Fsp3) is 0. The van der Waals surface area contributed by atoms with Crippen LogP contribution in [0.3, 0.4) is 0 Å². The van der Waals surface area contributed by atoms with Gasteiger partial charge in [-0.3, -0.25) is 0 Å². The summed E-state index contributed by atoms with van der Waals surface area (Å²) in [6.45, 7) is 0. The number of rotatable bonds is 7. The number of hydrogen-bond donors (Lipinski definition) is 0. The average Bonchev–Trinajstić information content (AvgIpc) is 3.87. The summed E-state index contributed by atoms with van der Waals surface area (Å²) in [4.78, 5) is 0. The van der Waals surface area contributed by atoms with Crippen LogP contribution >= 0.6 is 0 Å². The van der Waals surface area contributed by atoms with E-state index < -0.39 is 0 Å². The van der Waals surface area contributed by atoms with E-state index >= 15 is 0 Å². The maximum Gasteiger partial charge on any atom is 0.0547 e. The Labute approximate surface area is 360 Å². The second-order valence-corrected chi connectivity index (χ2v) is 16.1. The predicted molar refractivity (Wildman–Crippen MR) is 262 cm³/mol. The van der Waals surface area contributed by atoms with Crippen molar-refractivity contribution in [2.24, 2.45) is 0 Å². The maximum absolute atomic E-state index is 2.47. The van der Waals surface area contributed by atoms with Crippen LogP contribution in [0.1, 0.15) is 0 Å². The van der Waals surface area contributed by atoms with Gasteiger partial charge >= 0.3 is 0 Å². The third kappa shape index (κ3) is 5.88. The summed E-state index contributed by atoms with van der Waals surface area (Å²) in [5, 5.41) is 4.95. The van der Waals surface area contributed by atoms with Gasteiger partial charge in [-0.2, -0.15) is 0 Å². The van der Waals surface area contributed by atoms with Crippen LogP contribution in [0.5, 0.6) is 0 Å². The molecule has 10 aromatic carbocycles. The molecule has 2 aromatic heterocycles. The Morgan fingerprint density at radius 3 is 1.34 bits per heavy atom. The molecule has 0 atom stereocenters. The van der Waals surface area contributed by atoms with E-state index in [1.165, 1.54) is 99.2 Å². The molecular formula is C60H40N2. The minimum atomic E-state index is 1.16. The van der Waals surface area contributed by atoms with E-state index in [2.05, 4.69) is 252 Å². The summed E-state index contributed by atoms with van der Waals surface area (Å²) in [5.74, 6) is 0. The quantitative estimate of drug-likeness (QED) is 0.152. The van der Waals surface area contributed by atoms with Gasteiger partial charge in [-0.15, -0.1) is 0 Å². The van der Waals surface area contributed by atoms with Crippen LogP contribution in [0.25, 0.3) is 111 Å². The van der Waals surface area contributed by atoms with Crippen LogP contribution in [-0.2, 0) is 0 Å². The Balaban J connectivity index is 1.07. The van der Waals surface area contributed by atoms with Crippen molar-refractivity contribution in [3.8, 4) is 67.0 Å². The first-order valence-electron chi connectivity index (χ1n) is 21.3. The number of hydrogen-bond acceptors (Lipinski definition) is 0. The molecule has 0 unspecified atom stereocenters. The second-order valence-electron chi connectivity index (χ2n) is 16.1. The number of para-hydroxylation sites is 2. The van der Waals surface area contributed by atoms with E-state index in [0.29, 0.717) is 0 Å². The Kier molecular flexibility index (Phi) is 8.53. The minimum Gasteiger partial charge on any atom is -0.309 e. The van der Waals surface area contributed by atoms with Crippen molar-refractivity contribution in [3.63, 3.8) is 0 Å². The molecule has 0 N–H and O–H groups in total. The lowest BCUT2D eigenvalue weighted by Crippen LogP contribution is -1.98. The Morgan fingerprint density at radius 2 is 0.645 bits per heavy atom. The van der Waals surface area contributed by atoms with E-state index in [1.807, 2.05) is 0 Å². The van der Waals surface area contributed by atoms with Crippen molar-refractivity contribution < 1.29 is 0 Å². The van der Waals surface area contributed by atoms with Gasteiger partial charge in [0, 0.05) is 32.7 Å². The molecule has 0 fully saturated rings. The number of benzene rings is 10. The molecule has 0 spiro atoms. The summed E-state index contributed by atoms with van der Waals surface area (Å²) in [6.07, 6.45) is 0. The van der Waals surface area contributed by atoms with Crippen molar-refractivity contribution in [3.05, 3.63) is 243 Å². The third-order valence-corrected chi connectivity index (χ3v) is 12.5. The Morgan fingerprint density at radius 1 is 0.210 bits per heavy atom. The maximum atomic E-state index is 2.47. The van der Waals surface area contributed by atoms with Crippen molar-refractivity contribution in [2.45, 2.75) is 0 Å². The van der Waals surface area contributed by atoms with Gasteiger partial charge in [-0.25, -0.2) is 0 Å². The van der Waals surface area contributed by atoms with Crippen LogP contribution in [0.15, 0.2) is 243 Å². The molecule has 0 saturated carbocycles. The Bertz CT molecular complexity index is 3600. The SMILES string of the molecule is c1ccc(-c2ccc(-n3c4ccccc4c4cc(-c5ccc6c(c5)c5c(-c7ccccc7)cccc5n6-c5ccccc5-c5ccccc5)ccc43)c(-c3ccccc3)c2)cc1. The molecule has 2 nitrogen and oxygen atoms in total. The molecular weight excluding hydrogens is 749 g/mol. The molecule has 12 aromatic rings. The summed E-state index contributed by atoms with van der Waals surface area (Å²) in [7, 11) is 0. The first-order chi connectivity index (χ1) is 30.8. The molecule has 2 heterocycles. The van der Waals surface area contributed by atoms with Crippen LogP contribution in [0.4, 0.5) is 0 Å². The van der Waals surface area contributed by atoms with E-state index in [9.17, 15) is 0 Å². The molecule has 0 radical (unpaired) electrons. The molecule has 0 aliphatic carbocycles. The standard InChI is InChI=1S/C60H40N2/c1-5-18-41(19-6-1)45-32-35-56(51(38-45)44-24-11-4-12-25-44)61-55-30-16-14-27-50(55)52-39-46(33-36-57(52)61)47-34-37-58-53(40-47)60-49(43-22-9-3-10-23-43)28-17-31-59(60)62(58)54-29-15-13-26-48(54)42-20-7-2-8-21-42/h1-40H. The summed E-state index contributed by atoms with van der Waals surface area (Å²) < 4.78 is 4.92. The summed E-state index contributed by atoms with van der Waals surface area (Å²) >= 11 is 0. The lowest BCUT2D eigenvalue weighted by Gasteiger charge is -2.16. The lowest BCUT2D eigenvalue weighted by atomic mass is 9.96. The summed E-state index contributed by atoms with van der Waals surface area (Å²) in [6, 6.07) is 88.4. The van der Waals surface area contributed by atoms with E-state index in [1.54, 1.807) is 0 Å². The number of aromatic nitrogens is 2. The van der Waals surface area contributed by atoms with Crippen molar-refractivity contribution >= 4 is 43.6 Å². The van der Waals surface area contributed by atoms with Gasteiger partial charge in [0.15, 0.2) is 0 Å². The lowest BCUT2D eigenvalue weighted by molar-refractivity contribution is 1.18. The monoisotopic (exact) mass is 788 g/mol. The van der Waals surface area contributed by atoms with Gasteiger partial charge in [0.1, 0.15) is 0 Å². The summed E-state index contributed by atoms with van der Waals surface area (Å²) in [5.41, 5.74) is 19.1. The van der Waals surface area contributed by atoms with Gasteiger partial charge in [0.25, 0.3) is 0 Å². The molecule has 290 valence electrons. The van der Waals surface area contributed by atoms with Gasteiger partial charge in [-0.1, -0.05) is 188 Å². The zero-order chi connectivity index (χ0) is 41.0. The van der Waals surface area contributed by atoms with E-state index in [4.69, 9.17) is 0 Å². The number of nitrogens with zero attached hydrogens (tertiary/aromatic N) is 2. The highest BCUT2D eigenvalue weighted by atomic mass is 15.0. The predicted octanol–water partition coefficient (Wildman–Crippen LogP) is 16.2. The zero-order valence-electron chi connectivity index (χ0n) is 34.0. The van der Waals surface area contributed by atoms with Crippen LogP contribution < -0.4 is 0 Å². The largest absolute Gasteiger partial charge is 0.309 e. The van der Waals surface area contributed by atoms with Crippen LogP contribution in [-0.4, -0.2) is 9.13 Å². The highest BCUT2D eigenvalue weighted by Crippen LogP contribution is 2.44. The fourth-order valence-electron chi connectivity index (χ4n) is 9.70. The molecule has 62 heavy (non-hydrogen) atoms. The first kappa shape index (κ1) is 35.7. The van der Waals surface area contributed by atoms with Crippen molar-refractivity contribution in [1.29, 1.82) is 0 Å². The van der Waals surface area contributed by atoms with Crippen molar-refractivity contribution in [1.82, 2.24) is 9.13 Å². The molecule has 0 aliphatic heterocycles. The fourth-order valence-corrected chi connectivity index (χ4v) is 9.70. The first-order valence-corrected chi connectivity index (χ1v) is 21.3. The molecule has 0 saturated heterocycles. The van der Waals surface area contributed by atoms with Crippen LogP contribution in [0, 0.1) is 0 Å². The molecule has 2 heteroatoms. The molecule has 0 bridgehead atoms. The molecule has 12 rings (SSSR count). The van der Waals surface area contributed by atoms with Gasteiger partial charge in [0.05, 0.1) is 33.4 Å². The van der Waals surface area contributed by atoms with Gasteiger partial charge in [-0.05, 0) is 99.1 Å². The normalized spacial score (nSPS) is 11.5. The zero-order valence-corrected chi connectivity index (χ0v) is 34.0. The molecule has 0 aliphatic rings. The highest BCUT2D eigenvalue weighted by Gasteiger charge is 2.21. The topological polar surface area (TPSA) is 9.86 Å². The Hall–Kier alpha value is -8.20. The third-order valence-electron chi connectivity index (χ3n) is 12.5. The van der Waals surface area contributed by atoms with E-state index in [-0.39, 0.29) is 0 Å². The van der Waals surface area contributed by atoms with Crippen LogP contribution in [0.2, 0.25) is 0 Å². The van der Waals surface area contributed by atoms with Gasteiger partial charge < -0.3 is 9.13 Å². The van der Waals surface area contributed by atoms with Gasteiger partial charge in [0.2, 0.25) is 0 Å². The second kappa shape index (κ2) is 14.8. The highest BCUT2D eigenvalue weighted by molar-refractivity contribution is 6.17. The molecule has 0 amide bonds. The number of fused-ring (bicyclic) bond motifs is 6. The van der Waals surface area contributed by atoms with Crippen molar-refractivity contribution in [2.75, 3.05) is 0 Å². The minimum absolute atomic E-state index is 1.16. The smallest absolute Gasteiger partial charge is 0.0547 e.